The Hall–Kier alpha value is -2.78. The van der Waals surface area contributed by atoms with Crippen LogP contribution in [0.4, 0.5) is 0 Å². The molecule has 1 aliphatic rings. The van der Waals surface area contributed by atoms with E-state index in [9.17, 15) is 13.2 Å². The molecule has 0 fully saturated rings. The van der Waals surface area contributed by atoms with Gasteiger partial charge in [-0.3, -0.25) is 0 Å². The van der Waals surface area contributed by atoms with E-state index in [1.807, 2.05) is 6.92 Å². The Morgan fingerprint density at radius 2 is 1.93 bits per heavy atom. The normalized spacial score (nSPS) is 13.8. The zero-order chi connectivity index (χ0) is 21.0. The van der Waals surface area contributed by atoms with Crippen LogP contribution in [0.2, 0.25) is 0 Å². The number of ether oxygens (including phenoxy) is 4. The van der Waals surface area contributed by atoms with Gasteiger partial charge in [-0.15, -0.1) is 0 Å². The summed E-state index contributed by atoms with van der Waals surface area (Å²) >= 11 is 0. The molecule has 0 saturated carbocycles. The molecule has 0 aromatic heterocycles. The van der Waals surface area contributed by atoms with Crippen LogP contribution in [0.25, 0.3) is 0 Å². The van der Waals surface area contributed by atoms with Crippen LogP contribution in [-0.2, 0) is 21.2 Å². The third-order valence-corrected chi connectivity index (χ3v) is 5.74. The number of nitrogens with one attached hydrogen (secondary N) is 1. The minimum absolute atomic E-state index is 0.131. The first-order valence-electron chi connectivity index (χ1n) is 9.18. The molecular formula is C20H23NO7S. The number of rotatable bonds is 8. The number of hydrogen-bond acceptors (Lipinski definition) is 7. The zero-order valence-electron chi connectivity index (χ0n) is 16.4. The van der Waals surface area contributed by atoms with Crippen LogP contribution in [0, 0.1) is 0 Å². The van der Waals surface area contributed by atoms with Crippen molar-refractivity contribution in [2.24, 2.45) is 0 Å². The monoisotopic (exact) mass is 421 g/mol. The second-order valence-corrected chi connectivity index (χ2v) is 8.31. The third kappa shape index (κ3) is 4.80. The van der Waals surface area contributed by atoms with Crippen LogP contribution >= 0.6 is 0 Å². The molecule has 1 heterocycles. The first-order chi connectivity index (χ1) is 13.8. The van der Waals surface area contributed by atoms with E-state index >= 15 is 0 Å². The molecule has 1 aliphatic heterocycles. The lowest BCUT2D eigenvalue weighted by Crippen LogP contribution is -2.29. The second kappa shape index (κ2) is 8.71. The van der Waals surface area contributed by atoms with Crippen molar-refractivity contribution in [1.29, 1.82) is 0 Å². The molecule has 0 bridgehead atoms. The molecule has 3 rings (SSSR count). The molecule has 0 spiro atoms. The topological polar surface area (TPSA) is 100 Å². The predicted octanol–water partition coefficient (Wildman–Crippen LogP) is 2.65. The van der Waals surface area contributed by atoms with Crippen molar-refractivity contribution in [2.75, 3.05) is 13.8 Å². The highest BCUT2D eigenvalue weighted by atomic mass is 32.2. The van der Waals surface area contributed by atoms with Gasteiger partial charge in [-0.05, 0) is 56.3 Å². The molecule has 1 N–H and O–H groups in total. The zero-order valence-corrected chi connectivity index (χ0v) is 17.2. The van der Waals surface area contributed by atoms with E-state index in [0.29, 0.717) is 35.0 Å². The lowest BCUT2D eigenvalue weighted by molar-refractivity contribution is -0.141. The van der Waals surface area contributed by atoms with Gasteiger partial charge in [0.2, 0.25) is 16.8 Å². The van der Waals surface area contributed by atoms with E-state index in [4.69, 9.17) is 18.9 Å². The van der Waals surface area contributed by atoms with E-state index < -0.39 is 22.1 Å². The Balaban J connectivity index is 1.73. The number of hydrogen-bond donors (Lipinski definition) is 1. The van der Waals surface area contributed by atoms with Crippen LogP contribution in [0.1, 0.15) is 25.8 Å². The van der Waals surface area contributed by atoms with E-state index in [1.54, 1.807) is 37.3 Å². The summed E-state index contributed by atoms with van der Waals surface area (Å²) in [5.41, 5.74) is 0.701. The van der Waals surface area contributed by atoms with Gasteiger partial charge in [0.25, 0.3) is 0 Å². The van der Waals surface area contributed by atoms with Crippen molar-refractivity contribution < 1.29 is 32.2 Å². The van der Waals surface area contributed by atoms with Gasteiger partial charge in [-0.1, -0.05) is 13.3 Å². The first kappa shape index (κ1) is 20.9. The van der Waals surface area contributed by atoms with Crippen LogP contribution in [0.5, 0.6) is 23.0 Å². The smallest absolute Gasteiger partial charge is 0.352 e. The summed E-state index contributed by atoms with van der Waals surface area (Å²) in [5, 5.41) is 0. The quantitative estimate of drug-likeness (QED) is 0.517. The Bertz CT molecular complexity index is 1000. The Kier molecular flexibility index (Phi) is 6.29. The number of carbonyl (C=O) groups excluding carboxylic acids is 1. The van der Waals surface area contributed by atoms with Gasteiger partial charge in [0, 0.05) is 6.07 Å². The summed E-state index contributed by atoms with van der Waals surface area (Å²) in [6, 6.07) is 9.40. The van der Waals surface area contributed by atoms with Gasteiger partial charge in [-0.25, -0.2) is 17.9 Å². The second-order valence-electron chi connectivity index (χ2n) is 6.42. The summed E-state index contributed by atoms with van der Waals surface area (Å²) in [6.45, 7) is 3.68. The maximum absolute atomic E-state index is 12.4. The minimum atomic E-state index is -3.57. The number of sulfonamides is 1. The number of fused-ring (bicyclic) bond motifs is 1. The van der Waals surface area contributed by atoms with E-state index in [-0.39, 0.29) is 11.7 Å². The van der Waals surface area contributed by atoms with Gasteiger partial charge < -0.3 is 18.9 Å². The fourth-order valence-corrected chi connectivity index (χ4v) is 3.58. The molecule has 156 valence electrons. The highest BCUT2D eigenvalue weighted by Crippen LogP contribution is 2.35. The van der Waals surface area contributed by atoms with Crippen molar-refractivity contribution in [3.05, 3.63) is 42.0 Å². The fourth-order valence-electron chi connectivity index (χ4n) is 2.80. The number of benzene rings is 2. The molecule has 0 aliphatic carbocycles. The van der Waals surface area contributed by atoms with Gasteiger partial charge in [0.1, 0.15) is 11.5 Å². The molecule has 0 radical (unpaired) electrons. The summed E-state index contributed by atoms with van der Waals surface area (Å²) in [6.07, 6.45) is 0.490. The first-order valence-corrected chi connectivity index (χ1v) is 10.7. The van der Waals surface area contributed by atoms with Crippen molar-refractivity contribution in [2.45, 2.75) is 37.7 Å². The van der Waals surface area contributed by atoms with Gasteiger partial charge in [0.05, 0.1) is 4.90 Å². The van der Waals surface area contributed by atoms with Crippen molar-refractivity contribution in [3.8, 4) is 23.0 Å². The highest BCUT2D eigenvalue weighted by Gasteiger charge is 2.22. The summed E-state index contributed by atoms with van der Waals surface area (Å²) in [7, 11) is -2.21. The molecule has 9 heteroatoms. The molecule has 1 unspecified atom stereocenters. The van der Waals surface area contributed by atoms with Crippen LogP contribution in [0.15, 0.2) is 41.3 Å². The molecule has 29 heavy (non-hydrogen) atoms. The third-order valence-electron chi connectivity index (χ3n) is 4.33. The number of esters is 1. The Morgan fingerprint density at radius 1 is 1.17 bits per heavy atom. The molecule has 2 aromatic rings. The van der Waals surface area contributed by atoms with Crippen molar-refractivity contribution in [1.82, 2.24) is 4.72 Å². The SMILES string of the molecule is CCCc1cc(S(=O)(=O)NC)ccc1OC(C)C(=O)Oc1ccc2c(c1)OCO2. The standard InChI is InChI=1S/C20H23NO7S/c1-4-5-14-10-16(29(23,24)21-3)7-9-17(14)27-13(2)20(22)28-15-6-8-18-19(11-15)26-12-25-18/h6-11,13,21H,4-5,12H2,1-3H3. The van der Waals surface area contributed by atoms with Gasteiger partial charge in [-0.2, -0.15) is 0 Å². The van der Waals surface area contributed by atoms with Crippen molar-refractivity contribution in [3.63, 3.8) is 0 Å². The summed E-state index contributed by atoms with van der Waals surface area (Å²) in [5.74, 6) is 1.28. The summed E-state index contributed by atoms with van der Waals surface area (Å²) in [4.78, 5) is 12.6. The average Bonchev–Trinajstić information content (AvgIpc) is 3.17. The van der Waals surface area contributed by atoms with E-state index in [2.05, 4.69) is 4.72 Å². The van der Waals surface area contributed by atoms with Crippen LogP contribution < -0.4 is 23.7 Å². The number of carbonyl (C=O) groups is 1. The lowest BCUT2D eigenvalue weighted by atomic mass is 10.1. The molecular weight excluding hydrogens is 398 g/mol. The van der Waals surface area contributed by atoms with Crippen LogP contribution in [-0.4, -0.2) is 34.3 Å². The molecule has 8 nitrogen and oxygen atoms in total. The van der Waals surface area contributed by atoms with Gasteiger partial charge >= 0.3 is 5.97 Å². The highest BCUT2D eigenvalue weighted by molar-refractivity contribution is 7.89. The largest absolute Gasteiger partial charge is 0.479 e. The average molecular weight is 421 g/mol. The maximum atomic E-state index is 12.4. The Morgan fingerprint density at radius 3 is 2.66 bits per heavy atom. The van der Waals surface area contributed by atoms with Gasteiger partial charge in [0.15, 0.2) is 17.6 Å². The number of aryl methyl sites for hydroxylation is 1. The Labute approximate surface area is 169 Å². The molecule has 2 aromatic carbocycles. The van der Waals surface area contributed by atoms with E-state index in [0.717, 1.165) is 6.42 Å². The lowest BCUT2D eigenvalue weighted by Gasteiger charge is -2.17. The molecule has 0 amide bonds. The minimum Gasteiger partial charge on any atom is -0.479 e. The predicted molar refractivity (Wildman–Crippen MR) is 105 cm³/mol. The molecule has 0 saturated heterocycles. The van der Waals surface area contributed by atoms with E-state index in [1.165, 1.54) is 13.1 Å². The maximum Gasteiger partial charge on any atom is 0.352 e. The van der Waals surface area contributed by atoms with Crippen molar-refractivity contribution >= 4 is 16.0 Å². The summed E-state index contributed by atoms with van der Waals surface area (Å²) < 4.78 is 48.0. The van der Waals surface area contributed by atoms with Crippen LogP contribution in [0.3, 0.4) is 0 Å². The fraction of sp³-hybridized carbons (Fsp3) is 0.350. The molecule has 1 atom stereocenters.